The van der Waals surface area contributed by atoms with Crippen LogP contribution < -0.4 is 10.5 Å². The summed E-state index contributed by atoms with van der Waals surface area (Å²) in [6.45, 7) is 5.80. The molecule has 0 aliphatic rings. The molecule has 0 bridgehead atoms. The summed E-state index contributed by atoms with van der Waals surface area (Å²) in [5.74, 6) is 0.977. The minimum absolute atomic E-state index is 0.152. The van der Waals surface area contributed by atoms with Gasteiger partial charge in [-0.3, -0.25) is 0 Å². The van der Waals surface area contributed by atoms with Crippen molar-refractivity contribution in [3.05, 3.63) is 30.1 Å². The van der Waals surface area contributed by atoms with E-state index in [4.69, 9.17) is 5.73 Å². The molecular formula is C14H16F3N3O. The third-order valence-electron chi connectivity index (χ3n) is 3.00. The SMILES string of the molecule is Cc1nc(-c2ccc(OC(F)(F)F)cc2)c(N)n1C(C)C. The van der Waals surface area contributed by atoms with Gasteiger partial charge in [0.2, 0.25) is 0 Å². The van der Waals surface area contributed by atoms with Crippen molar-refractivity contribution in [3.8, 4) is 17.0 Å². The first kappa shape index (κ1) is 15.2. The van der Waals surface area contributed by atoms with E-state index in [9.17, 15) is 13.2 Å². The second-order valence-electron chi connectivity index (χ2n) is 4.93. The van der Waals surface area contributed by atoms with Crippen LogP contribution >= 0.6 is 0 Å². The Morgan fingerprint density at radius 1 is 1.19 bits per heavy atom. The molecule has 0 amide bonds. The van der Waals surface area contributed by atoms with Crippen molar-refractivity contribution in [1.29, 1.82) is 0 Å². The average Bonchev–Trinajstić information content (AvgIpc) is 2.63. The van der Waals surface area contributed by atoms with Crippen LogP contribution in [0.4, 0.5) is 19.0 Å². The van der Waals surface area contributed by atoms with Crippen molar-refractivity contribution in [1.82, 2.24) is 9.55 Å². The van der Waals surface area contributed by atoms with Gasteiger partial charge in [-0.15, -0.1) is 13.2 Å². The second kappa shape index (κ2) is 5.31. The zero-order chi connectivity index (χ0) is 15.8. The summed E-state index contributed by atoms with van der Waals surface area (Å²) in [5, 5.41) is 0. The molecule has 2 rings (SSSR count). The van der Waals surface area contributed by atoms with Gasteiger partial charge in [-0.1, -0.05) is 0 Å². The van der Waals surface area contributed by atoms with Crippen LogP contribution in [0.1, 0.15) is 25.7 Å². The highest BCUT2D eigenvalue weighted by atomic mass is 19.4. The van der Waals surface area contributed by atoms with Gasteiger partial charge in [0, 0.05) is 11.6 Å². The predicted molar refractivity (Wildman–Crippen MR) is 73.9 cm³/mol. The molecule has 114 valence electrons. The van der Waals surface area contributed by atoms with Gasteiger partial charge in [-0.2, -0.15) is 0 Å². The Hall–Kier alpha value is -2.18. The first-order valence-corrected chi connectivity index (χ1v) is 6.39. The van der Waals surface area contributed by atoms with Crippen LogP contribution in [0.15, 0.2) is 24.3 Å². The van der Waals surface area contributed by atoms with Crippen molar-refractivity contribution in [3.63, 3.8) is 0 Å². The molecule has 0 fully saturated rings. The molecule has 0 aliphatic carbocycles. The number of nitrogens with zero attached hydrogens (tertiary/aromatic N) is 2. The van der Waals surface area contributed by atoms with E-state index in [0.29, 0.717) is 17.1 Å². The molecule has 1 aromatic heterocycles. The number of aryl methyl sites for hydroxylation is 1. The first-order valence-electron chi connectivity index (χ1n) is 6.39. The lowest BCUT2D eigenvalue weighted by atomic mass is 10.1. The number of nitrogens with two attached hydrogens (primary N) is 1. The zero-order valence-electron chi connectivity index (χ0n) is 11.9. The summed E-state index contributed by atoms with van der Waals surface area (Å²) in [5.41, 5.74) is 7.26. The lowest BCUT2D eigenvalue weighted by Crippen LogP contribution is -2.16. The Kier molecular flexibility index (Phi) is 3.85. The molecule has 0 aliphatic heterocycles. The third-order valence-corrected chi connectivity index (χ3v) is 3.00. The van der Waals surface area contributed by atoms with E-state index in [2.05, 4.69) is 9.72 Å². The minimum Gasteiger partial charge on any atom is -0.406 e. The van der Waals surface area contributed by atoms with Crippen molar-refractivity contribution in [2.75, 3.05) is 5.73 Å². The largest absolute Gasteiger partial charge is 0.573 e. The highest BCUT2D eigenvalue weighted by Gasteiger charge is 2.31. The van der Waals surface area contributed by atoms with E-state index >= 15 is 0 Å². The number of rotatable bonds is 3. The molecule has 7 heteroatoms. The highest BCUT2D eigenvalue weighted by molar-refractivity contribution is 5.71. The maximum absolute atomic E-state index is 12.1. The smallest absolute Gasteiger partial charge is 0.406 e. The Morgan fingerprint density at radius 3 is 2.19 bits per heavy atom. The molecule has 0 spiro atoms. The number of aromatic nitrogens is 2. The fourth-order valence-electron chi connectivity index (χ4n) is 2.24. The number of anilines is 1. The van der Waals surface area contributed by atoms with E-state index in [1.54, 1.807) is 0 Å². The van der Waals surface area contributed by atoms with Crippen LogP contribution in [0.3, 0.4) is 0 Å². The van der Waals surface area contributed by atoms with Crippen LogP contribution in [-0.4, -0.2) is 15.9 Å². The molecule has 0 radical (unpaired) electrons. The fourth-order valence-corrected chi connectivity index (χ4v) is 2.24. The van der Waals surface area contributed by atoms with Crippen LogP contribution in [0.5, 0.6) is 5.75 Å². The number of hydrogen-bond donors (Lipinski definition) is 1. The molecule has 0 saturated heterocycles. The molecular weight excluding hydrogens is 283 g/mol. The number of ether oxygens (including phenoxy) is 1. The molecule has 2 N–H and O–H groups in total. The van der Waals surface area contributed by atoms with Crippen molar-refractivity contribution in [2.45, 2.75) is 33.2 Å². The molecule has 0 unspecified atom stereocenters. The number of benzene rings is 1. The van der Waals surface area contributed by atoms with E-state index in [0.717, 1.165) is 5.82 Å². The molecule has 0 saturated carbocycles. The Bertz CT molecular complexity index is 630. The summed E-state index contributed by atoms with van der Waals surface area (Å²) in [7, 11) is 0. The average molecular weight is 299 g/mol. The standard InChI is InChI=1S/C14H16F3N3O/c1-8(2)20-9(3)19-12(13(20)18)10-4-6-11(7-5-10)21-14(15,16)17/h4-8H,18H2,1-3H3. The van der Waals surface area contributed by atoms with Crippen molar-refractivity contribution in [2.24, 2.45) is 0 Å². The van der Waals surface area contributed by atoms with Gasteiger partial charge in [-0.25, -0.2) is 4.98 Å². The Labute approximate surface area is 120 Å². The monoisotopic (exact) mass is 299 g/mol. The maximum atomic E-state index is 12.1. The lowest BCUT2D eigenvalue weighted by Gasteiger charge is -2.11. The fraction of sp³-hybridized carbons (Fsp3) is 0.357. The normalized spacial score (nSPS) is 12.0. The third kappa shape index (κ3) is 3.29. The van der Waals surface area contributed by atoms with Gasteiger partial charge in [0.25, 0.3) is 0 Å². The number of imidazole rings is 1. The van der Waals surface area contributed by atoms with Crippen molar-refractivity contribution >= 4 is 5.82 Å². The minimum atomic E-state index is -4.70. The van der Waals surface area contributed by atoms with E-state index < -0.39 is 6.36 Å². The molecule has 4 nitrogen and oxygen atoms in total. The molecule has 21 heavy (non-hydrogen) atoms. The van der Waals surface area contributed by atoms with Gasteiger partial charge in [0.15, 0.2) is 0 Å². The molecule has 2 aromatic rings. The predicted octanol–water partition coefficient (Wildman–Crippen LogP) is 3.92. The molecule has 1 aromatic carbocycles. The van der Waals surface area contributed by atoms with Crippen LogP contribution in [-0.2, 0) is 0 Å². The molecule has 0 atom stereocenters. The summed E-state index contributed by atoms with van der Waals surface area (Å²) in [4.78, 5) is 4.38. The summed E-state index contributed by atoms with van der Waals surface area (Å²) in [6.07, 6.45) is -4.70. The molecule has 1 heterocycles. The van der Waals surface area contributed by atoms with Gasteiger partial charge in [0.1, 0.15) is 23.1 Å². The van der Waals surface area contributed by atoms with Gasteiger partial charge in [-0.05, 0) is 45.0 Å². The highest BCUT2D eigenvalue weighted by Crippen LogP contribution is 2.31. The number of alkyl halides is 3. The quantitative estimate of drug-likeness (QED) is 0.934. The van der Waals surface area contributed by atoms with Crippen LogP contribution in [0, 0.1) is 6.92 Å². The van der Waals surface area contributed by atoms with Crippen LogP contribution in [0.25, 0.3) is 11.3 Å². The number of nitrogen functional groups attached to an aromatic ring is 1. The van der Waals surface area contributed by atoms with Gasteiger partial charge >= 0.3 is 6.36 Å². The second-order valence-corrected chi connectivity index (χ2v) is 4.93. The van der Waals surface area contributed by atoms with E-state index in [-0.39, 0.29) is 11.8 Å². The van der Waals surface area contributed by atoms with E-state index in [1.807, 2.05) is 25.3 Å². The zero-order valence-corrected chi connectivity index (χ0v) is 11.9. The Morgan fingerprint density at radius 2 is 1.76 bits per heavy atom. The van der Waals surface area contributed by atoms with Crippen molar-refractivity contribution < 1.29 is 17.9 Å². The van der Waals surface area contributed by atoms with E-state index in [1.165, 1.54) is 24.3 Å². The lowest BCUT2D eigenvalue weighted by molar-refractivity contribution is -0.274. The summed E-state index contributed by atoms with van der Waals surface area (Å²) >= 11 is 0. The summed E-state index contributed by atoms with van der Waals surface area (Å²) in [6, 6.07) is 5.64. The Balaban J connectivity index is 2.34. The summed E-state index contributed by atoms with van der Waals surface area (Å²) < 4.78 is 42.1. The van der Waals surface area contributed by atoms with Gasteiger partial charge < -0.3 is 15.0 Å². The van der Waals surface area contributed by atoms with Crippen LogP contribution in [0.2, 0.25) is 0 Å². The number of hydrogen-bond acceptors (Lipinski definition) is 3. The maximum Gasteiger partial charge on any atom is 0.573 e. The number of halogens is 3. The van der Waals surface area contributed by atoms with Gasteiger partial charge in [0.05, 0.1) is 0 Å². The topological polar surface area (TPSA) is 53.1 Å². The first-order chi connectivity index (χ1) is 9.69.